The molecule has 1 aromatic heterocycles. The highest BCUT2D eigenvalue weighted by Gasteiger charge is 2.05. The number of H-pyrrole nitrogens is 1. The Morgan fingerprint density at radius 1 is 1.64 bits per heavy atom. The van der Waals surface area contributed by atoms with Crippen LogP contribution in [0.15, 0.2) is 12.3 Å². The first-order chi connectivity index (χ1) is 5.14. The first-order valence-corrected chi connectivity index (χ1v) is 4.33. The molecule has 62 valence electrons. The molecule has 0 saturated heterocycles. The molecular weight excluding hydrogens is 168 g/mol. The zero-order chi connectivity index (χ0) is 8.32. The normalized spacial score (nSPS) is 11.4. The van der Waals surface area contributed by atoms with Crippen molar-refractivity contribution in [3.05, 3.63) is 12.3 Å². The van der Waals surface area contributed by atoms with Crippen LogP contribution in [0.2, 0.25) is 0 Å². The standard InChI is InChI=1S/C4H8N4O2S/c1-5-11(9,10)8-4-2-3-6-7-4/h2-3,5H,1H3,(H2,6,7,8). The quantitative estimate of drug-likeness (QED) is 0.568. The lowest BCUT2D eigenvalue weighted by Gasteiger charge is -2.01. The van der Waals surface area contributed by atoms with E-state index in [1.165, 1.54) is 19.3 Å². The average molecular weight is 176 g/mol. The Morgan fingerprint density at radius 2 is 2.36 bits per heavy atom. The Kier molecular flexibility index (Phi) is 2.11. The summed E-state index contributed by atoms with van der Waals surface area (Å²) >= 11 is 0. The maximum absolute atomic E-state index is 10.8. The van der Waals surface area contributed by atoms with E-state index in [0.29, 0.717) is 5.82 Å². The summed E-state index contributed by atoms with van der Waals surface area (Å²) in [4.78, 5) is 0. The molecule has 7 heteroatoms. The minimum atomic E-state index is -3.41. The van der Waals surface area contributed by atoms with Gasteiger partial charge in [0.1, 0.15) is 5.82 Å². The van der Waals surface area contributed by atoms with Gasteiger partial charge in [0, 0.05) is 13.1 Å². The summed E-state index contributed by atoms with van der Waals surface area (Å²) in [5, 5.41) is 6.01. The molecule has 0 aliphatic rings. The largest absolute Gasteiger partial charge is 0.299 e. The van der Waals surface area contributed by atoms with E-state index in [-0.39, 0.29) is 0 Å². The van der Waals surface area contributed by atoms with Gasteiger partial charge >= 0.3 is 0 Å². The smallest absolute Gasteiger partial charge is 0.262 e. The van der Waals surface area contributed by atoms with Gasteiger partial charge in [-0.1, -0.05) is 0 Å². The summed E-state index contributed by atoms with van der Waals surface area (Å²) in [5.41, 5.74) is 0. The molecule has 0 fully saturated rings. The fourth-order valence-electron chi connectivity index (χ4n) is 0.509. The van der Waals surface area contributed by atoms with Crippen molar-refractivity contribution < 1.29 is 8.42 Å². The molecule has 1 heterocycles. The molecule has 0 aromatic carbocycles. The predicted octanol–water partition coefficient (Wildman–Crippen LogP) is -0.714. The van der Waals surface area contributed by atoms with Gasteiger partial charge in [-0.05, 0) is 0 Å². The molecular formula is C4H8N4O2S. The highest BCUT2D eigenvalue weighted by atomic mass is 32.2. The van der Waals surface area contributed by atoms with Crippen molar-refractivity contribution in [1.82, 2.24) is 14.9 Å². The molecule has 0 aliphatic heterocycles. The summed E-state index contributed by atoms with van der Waals surface area (Å²) in [5.74, 6) is 0.333. The van der Waals surface area contributed by atoms with Gasteiger partial charge < -0.3 is 0 Å². The molecule has 0 spiro atoms. The zero-order valence-electron chi connectivity index (χ0n) is 5.83. The maximum Gasteiger partial charge on any atom is 0.299 e. The summed E-state index contributed by atoms with van der Waals surface area (Å²) in [6, 6.07) is 1.51. The van der Waals surface area contributed by atoms with Crippen molar-refractivity contribution in [2.75, 3.05) is 11.8 Å². The SMILES string of the molecule is CNS(=O)(=O)Nc1ccn[nH]1. The monoisotopic (exact) mass is 176 g/mol. The molecule has 3 N–H and O–H groups in total. The van der Waals surface area contributed by atoms with Crippen LogP contribution in [0.25, 0.3) is 0 Å². The minimum Gasteiger partial charge on any atom is -0.262 e. The highest BCUT2D eigenvalue weighted by molar-refractivity contribution is 7.90. The van der Waals surface area contributed by atoms with Crippen LogP contribution in [0.5, 0.6) is 0 Å². The Bertz CT molecular complexity index is 303. The second-order valence-electron chi connectivity index (χ2n) is 1.78. The van der Waals surface area contributed by atoms with E-state index in [9.17, 15) is 8.42 Å². The fourth-order valence-corrected chi connectivity index (χ4v) is 1.01. The van der Waals surface area contributed by atoms with Crippen LogP contribution in [0.1, 0.15) is 0 Å². The number of nitrogens with zero attached hydrogens (tertiary/aromatic N) is 1. The third kappa shape index (κ3) is 2.20. The van der Waals surface area contributed by atoms with E-state index in [1.807, 2.05) is 0 Å². The summed E-state index contributed by atoms with van der Waals surface area (Å²) in [6.45, 7) is 0. The number of hydrogen-bond acceptors (Lipinski definition) is 3. The molecule has 0 amide bonds. The second-order valence-corrected chi connectivity index (χ2v) is 3.40. The topological polar surface area (TPSA) is 86.9 Å². The summed E-state index contributed by atoms with van der Waals surface area (Å²) in [6.07, 6.45) is 1.45. The van der Waals surface area contributed by atoms with E-state index in [2.05, 4.69) is 19.6 Å². The number of nitrogens with one attached hydrogen (secondary N) is 3. The van der Waals surface area contributed by atoms with Gasteiger partial charge in [-0.15, -0.1) is 0 Å². The lowest BCUT2D eigenvalue weighted by atomic mass is 10.7. The third-order valence-corrected chi connectivity index (χ3v) is 2.04. The molecule has 0 unspecified atom stereocenters. The number of aromatic nitrogens is 2. The number of hydrogen-bond donors (Lipinski definition) is 3. The number of aromatic amines is 1. The van der Waals surface area contributed by atoms with Crippen molar-refractivity contribution in [3.8, 4) is 0 Å². The number of anilines is 1. The van der Waals surface area contributed by atoms with Gasteiger partial charge in [0.15, 0.2) is 0 Å². The zero-order valence-corrected chi connectivity index (χ0v) is 6.64. The van der Waals surface area contributed by atoms with Gasteiger partial charge in [0.2, 0.25) is 0 Å². The third-order valence-electron chi connectivity index (χ3n) is 1.01. The Morgan fingerprint density at radius 3 is 2.82 bits per heavy atom. The first-order valence-electron chi connectivity index (χ1n) is 2.85. The van der Waals surface area contributed by atoms with Gasteiger partial charge in [-0.2, -0.15) is 13.5 Å². The van der Waals surface area contributed by atoms with Crippen molar-refractivity contribution in [2.45, 2.75) is 0 Å². The maximum atomic E-state index is 10.8. The van der Waals surface area contributed by atoms with Gasteiger partial charge in [0.05, 0.1) is 6.20 Å². The lowest BCUT2D eigenvalue weighted by Crippen LogP contribution is -2.26. The lowest BCUT2D eigenvalue weighted by molar-refractivity contribution is 0.593. The van der Waals surface area contributed by atoms with Crippen LogP contribution >= 0.6 is 0 Å². The highest BCUT2D eigenvalue weighted by Crippen LogP contribution is 1.99. The number of rotatable bonds is 3. The molecule has 0 radical (unpaired) electrons. The predicted molar refractivity (Wildman–Crippen MR) is 40.2 cm³/mol. The van der Waals surface area contributed by atoms with E-state index >= 15 is 0 Å². The fraction of sp³-hybridized carbons (Fsp3) is 0.250. The van der Waals surface area contributed by atoms with Crippen LogP contribution < -0.4 is 9.44 Å². The van der Waals surface area contributed by atoms with Crippen LogP contribution in [-0.4, -0.2) is 25.7 Å². The van der Waals surface area contributed by atoms with Crippen molar-refractivity contribution in [1.29, 1.82) is 0 Å². The van der Waals surface area contributed by atoms with Crippen LogP contribution in [0, 0.1) is 0 Å². The van der Waals surface area contributed by atoms with Crippen molar-refractivity contribution in [3.63, 3.8) is 0 Å². The molecule has 1 aromatic rings. The van der Waals surface area contributed by atoms with Crippen LogP contribution in [0.4, 0.5) is 5.82 Å². The van der Waals surface area contributed by atoms with E-state index in [4.69, 9.17) is 0 Å². The van der Waals surface area contributed by atoms with Crippen LogP contribution in [0.3, 0.4) is 0 Å². The molecule has 0 saturated carbocycles. The summed E-state index contributed by atoms with van der Waals surface area (Å²) in [7, 11) is -2.10. The second kappa shape index (κ2) is 2.89. The minimum absolute atomic E-state index is 0.333. The Labute approximate surface area is 64.2 Å². The van der Waals surface area contributed by atoms with E-state index in [1.54, 1.807) is 0 Å². The molecule has 1 rings (SSSR count). The van der Waals surface area contributed by atoms with Crippen molar-refractivity contribution >= 4 is 16.0 Å². The molecule has 0 aliphatic carbocycles. The van der Waals surface area contributed by atoms with Crippen molar-refractivity contribution in [2.24, 2.45) is 0 Å². The molecule has 0 atom stereocenters. The van der Waals surface area contributed by atoms with Gasteiger partial charge in [0.25, 0.3) is 10.2 Å². The first kappa shape index (κ1) is 8.02. The Balaban J connectivity index is 2.72. The molecule has 0 bridgehead atoms. The van der Waals surface area contributed by atoms with Gasteiger partial charge in [-0.3, -0.25) is 9.82 Å². The van der Waals surface area contributed by atoms with E-state index < -0.39 is 10.2 Å². The summed E-state index contributed by atoms with van der Waals surface area (Å²) < 4.78 is 25.9. The molecule has 11 heavy (non-hydrogen) atoms. The average Bonchev–Trinajstić information content (AvgIpc) is 2.39. The molecule has 6 nitrogen and oxygen atoms in total. The van der Waals surface area contributed by atoms with E-state index in [0.717, 1.165) is 0 Å². The van der Waals surface area contributed by atoms with Gasteiger partial charge in [-0.25, -0.2) is 4.72 Å². The van der Waals surface area contributed by atoms with Crippen LogP contribution in [-0.2, 0) is 10.2 Å². The Hall–Kier alpha value is -1.08.